The summed E-state index contributed by atoms with van der Waals surface area (Å²) < 4.78 is 5.61. The summed E-state index contributed by atoms with van der Waals surface area (Å²) in [5.41, 5.74) is 3.49. The van der Waals surface area contributed by atoms with Gasteiger partial charge in [-0.1, -0.05) is 26.2 Å². The number of nitrogens with one attached hydrogen (secondary N) is 1. The standard InChI is InChI=1S/C13H26N2O/c1-13(7-3-2-4-8-13)12(15-14)11-6-5-9-16-10-11/h11-12,15H,2-10,14H2,1H3. The Morgan fingerprint density at radius 2 is 2.00 bits per heavy atom. The molecule has 2 atom stereocenters. The topological polar surface area (TPSA) is 47.3 Å². The molecule has 1 saturated heterocycles. The second-order valence-corrected chi connectivity index (χ2v) is 5.84. The summed E-state index contributed by atoms with van der Waals surface area (Å²) in [6.45, 7) is 4.24. The van der Waals surface area contributed by atoms with Crippen molar-refractivity contribution in [1.29, 1.82) is 0 Å². The van der Waals surface area contributed by atoms with E-state index < -0.39 is 0 Å². The fourth-order valence-corrected chi connectivity index (χ4v) is 3.61. The van der Waals surface area contributed by atoms with E-state index in [-0.39, 0.29) is 0 Å². The molecule has 1 saturated carbocycles. The van der Waals surface area contributed by atoms with Gasteiger partial charge in [-0.3, -0.25) is 11.3 Å². The minimum Gasteiger partial charge on any atom is -0.381 e. The Balaban J connectivity index is 2.01. The Labute approximate surface area is 99.1 Å². The van der Waals surface area contributed by atoms with Gasteiger partial charge in [-0.25, -0.2) is 0 Å². The summed E-state index contributed by atoms with van der Waals surface area (Å²) in [5.74, 6) is 6.43. The van der Waals surface area contributed by atoms with Gasteiger partial charge in [0.25, 0.3) is 0 Å². The van der Waals surface area contributed by atoms with Gasteiger partial charge in [0.05, 0.1) is 6.61 Å². The lowest BCUT2D eigenvalue weighted by atomic mass is 9.66. The molecule has 0 amide bonds. The fraction of sp³-hybridized carbons (Fsp3) is 1.00. The highest BCUT2D eigenvalue weighted by Gasteiger charge is 2.39. The van der Waals surface area contributed by atoms with E-state index in [1.165, 1.54) is 44.9 Å². The van der Waals surface area contributed by atoms with Crippen LogP contribution in [0.4, 0.5) is 0 Å². The Hall–Kier alpha value is -0.120. The lowest BCUT2D eigenvalue weighted by molar-refractivity contribution is 0.000864. The number of rotatable bonds is 3. The highest BCUT2D eigenvalue weighted by Crippen LogP contribution is 2.42. The Kier molecular flexibility index (Phi) is 4.22. The lowest BCUT2D eigenvalue weighted by Crippen LogP contribution is -2.54. The summed E-state index contributed by atoms with van der Waals surface area (Å²) >= 11 is 0. The first-order valence-corrected chi connectivity index (χ1v) is 6.80. The zero-order valence-electron chi connectivity index (χ0n) is 10.5. The van der Waals surface area contributed by atoms with Crippen molar-refractivity contribution in [3.63, 3.8) is 0 Å². The van der Waals surface area contributed by atoms with E-state index in [0.717, 1.165) is 13.2 Å². The molecule has 1 heterocycles. The molecule has 0 aromatic heterocycles. The Morgan fingerprint density at radius 1 is 1.25 bits per heavy atom. The van der Waals surface area contributed by atoms with Crippen LogP contribution in [0.1, 0.15) is 51.9 Å². The molecule has 2 unspecified atom stereocenters. The summed E-state index contributed by atoms with van der Waals surface area (Å²) in [6.07, 6.45) is 9.22. The highest BCUT2D eigenvalue weighted by atomic mass is 16.5. The molecule has 2 aliphatic rings. The highest BCUT2D eigenvalue weighted by molar-refractivity contribution is 4.93. The normalized spacial score (nSPS) is 32.2. The minimum absolute atomic E-state index is 0.387. The Morgan fingerprint density at radius 3 is 2.56 bits per heavy atom. The molecule has 16 heavy (non-hydrogen) atoms. The molecule has 0 radical (unpaired) electrons. The van der Waals surface area contributed by atoms with Gasteiger partial charge >= 0.3 is 0 Å². The van der Waals surface area contributed by atoms with Gasteiger partial charge in [0, 0.05) is 12.6 Å². The molecule has 3 N–H and O–H groups in total. The van der Waals surface area contributed by atoms with Crippen LogP contribution >= 0.6 is 0 Å². The molecule has 94 valence electrons. The summed E-state index contributed by atoms with van der Waals surface area (Å²) in [5, 5.41) is 0. The number of hydrogen-bond acceptors (Lipinski definition) is 3. The number of hydrogen-bond donors (Lipinski definition) is 2. The van der Waals surface area contributed by atoms with Crippen molar-refractivity contribution in [3.8, 4) is 0 Å². The maximum Gasteiger partial charge on any atom is 0.0509 e. The van der Waals surface area contributed by atoms with Crippen LogP contribution in [-0.2, 0) is 4.74 Å². The van der Waals surface area contributed by atoms with Gasteiger partial charge in [-0.15, -0.1) is 0 Å². The SMILES string of the molecule is CC1(C(NN)C2CCCOC2)CCCCC1. The van der Waals surface area contributed by atoms with E-state index in [1.54, 1.807) is 0 Å². The Bertz CT molecular complexity index is 208. The predicted octanol–water partition coefficient (Wildman–Crippen LogP) is 2.22. The lowest BCUT2D eigenvalue weighted by Gasteiger charge is -2.45. The molecule has 1 aliphatic carbocycles. The van der Waals surface area contributed by atoms with Crippen molar-refractivity contribution in [2.24, 2.45) is 17.2 Å². The molecule has 3 nitrogen and oxygen atoms in total. The number of hydrazine groups is 1. The first-order chi connectivity index (χ1) is 7.76. The fourth-order valence-electron chi connectivity index (χ4n) is 3.61. The monoisotopic (exact) mass is 226 g/mol. The largest absolute Gasteiger partial charge is 0.381 e. The zero-order valence-corrected chi connectivity index (χ0v) is 10.5. The van der Waals surface area contributed by atoms with Crippen LogP contribution in [0.2, 0.25) is 0 Å². The maximum atomic E-state index is 5.81. The molecule has 2 fully saturated rings. The molecule has 2 rings (SSSR count). The van der Waals surface area contributed by atoms with Crippen molar-refractivity contribution < 1.29 is 4.74 Å². The van der Waals surface area contributed by atoms with Gasteiger partial charge in [-0.2, -0.15) is 0 Å². The van der Waals surface area contributed by atoms with Crippen LogP contribution in [0.5, 0.6) is 0 Å². The molecule has 0 aromatic carbocycles. The van der Waals surface area contributed by atoms with Crippen LogP contribution < -0.4 is 11.3 Å². The van der Waals surface area contributed by atoms with Gasteiger partial charge in [0.1, 0.15) is 0 Å². The van der Waals surface area contributed by atoms with Crippen molar-refractivity contribution in [2.75, 3.05) is 13.2 Å². The van der Waals surface area contributed by atoms with E-state index >= 15 is 0 Å². The van der Waals surface area contributed by atoms with Crippen LogP contribution in [0.3, 0.4) is 0 Å². The van der Waals surface area contributed by atoms with E-state index in [0.29, 0.717) is 17.4 Å². The molecular weight excluding hydrogens is 200 g/mol. The molecule has 0 spiro atoms. The van der Waals surface area contributed by atoms with Gasteiger partial charge in [-0.05, 0) is 37.0 Å². The second kappa shape index (κ2) is 5.48. The molecule has 3 heteroatoms. The molecule has 0 aromatic rings. The summed E-state index contributed by atoms with van der Waals surface area (Å²) in [7, 11) is 0. The third kappa shape index (κ3) is 2.58. The van der Waals surface area contributed by atoms with E-state index in [9.17, 15) is 0 Å². The van der Waals surface area contributed by atoms with Crippen molar-refractivity contribution in [3.05, 3.63) is 0 Å². The average molecular weight is 226 g/mol. The van der Waals surface area contributed by atoms with Crippen molar-refractivity contribution in [2.45, 2.75) is 57.9 Å². The minimum atomic E-state index is 0.387. The van der Waals surface area contributed by atoms with Gasteiger partial charge in [0.15, 0.2) is 0 Å². The molecular formula is C13H26N2O. The first kappa shape index (κ1) is 12.3. The van der Waals surface area contributed by atoms with E-state index in [4.69, 9.17) is 10.6 Å². The van der Waals surface area contributed by atoms with Gasteiger partial charge < -0.3 is 4.74 Å². The quantitative estimate of drug-likeness (QED) is 0.573. The third-order valence-electron chi connectivity index (χ3n) is 4.59. The smallest absolute Gasteiger partial charge is 0.0509 e. The third-order valence-corrected chi connectivity index (χ3v) is 4.59. The van der Waals surface area contributed by atoms with Crippen LogP contribution in [0.25, 0.3) is 0 Å². The van der Waals surface area contributed by atoms with Crippen molar-refractivity contribution in [1.82, 2.24) is 5.43 Å². The average Bonchev–Trinajstić information content (AvgIpc) is 2.32. The molecule has 1 aliphatic heterocycles. The second-order valence-electron chi connectivity index (χ2n) is 5.84. The number of nitrogens with two attached hydrogens (primary N) is 1. The zero-order chi connectivity index (χ0) is 11.4. The van der Waals surface area contributed by atoms with E-state index in [1.807, 2.05) is 0 Å². The summed E-state index contributed by atoms with van der Waals surface area (Å²) in [4.78, 5) is 0. The van der Waals surface area contributed by atoms with Gasteiger partial charge in [0.2, 0.25) is 0 Å². The first-order valence-electron chi connectivity index (χ1n) is 6.80. The summed E-state index contributed by atoms with van der Waals surface area (Å²) in [6, 6.07) is 0.438. The number of ether oxygens (including phenoxy) is 1. The van der Waals surface area contributed by atoms with Crippen LogP contribution in [0, 0.1) is 11.3 Å². The van der Waals surface area contributed by atoms with E-state index in [2.05, 4.69) is 12.3 Å². The van der Waals surface area contributed by atoms with Crippen molar-refractivity contribution >= 4 is 0 Å². The van der Waals surface area contributed by atoms with Crippen LogP contribution in [0.15, 0.2) is 0 Å². The molecule has 0 bridgehead atoms. The predicted molar refractivity (Wildman–Crippen MR) is 65.8 cm³/mol. The van der Waals surface area contributed by atoms with Crippen LogP contribution in [-0.4, -0.2) is 19.3 Å². The maximum absolute atomic E-state index is 5.81.